The van der Waals surface area contributed by atoms with E-state index in [1.165, 1.54) is 0 Å². The summed E-state index contributed by atoms with van der Waals surface area (Å²) in [5, 5.41) is 2.77. The van der Waals surface area contributed by atoms with Gasteiger partial charge in [0.2, 0.25) is 0 Å². The van der Waals surface area contributed by atoms with Crippen LogP contribution in [0.15, 0.2) is 60.7 Å². The molecular formula is C25H30N2O5. The minimum atomic E-state index is -0.683. The van der Waals surface area contributed by atoms with Gasteiger partial charge in [-0.2, -0.15) is 0 Å². The van der Waals surface area contributed by atoms with Gasteiger partial charge >= 0.3 is 12.1 Å². The first kappa shape index (κ1) is 23.5. The number of ether oxygens (including phenoxy) is 2. The van der Waals surface area contributed by atoms with E-state index in [1.54, 1.807) is 25.7 Å². The van der Waals surface area contributed by atoms with E-state index in [1.807, 2.05) is 60.7 Å². The van der Waals surface area contributed by atoms with Crippen LogP contribution in [0.3, 0.4) is 0 Å². The van der Waals surface area contributed by atoms with E-state index in [0.29, 0.717) is 6.54 Å². The summed E-state index contributed by atoms with van der Waals surface area (Å²) in [6.07, 6.45) is 0.399. The maximum absolute atomic E-state index is 12.9. The molecule has 1 amide bonds. The first-order valence-corrected chi connectivity index (χ1v) is 10.7. The Morgan fingerprint density at radius 3 is 2.19 bits per heavy atom. The van der Waals surface area contributed by atoms with Crippen LogP contribution < -0.4 is 5.32 Å². The molecular weight excluding hydrogens is 408 g/mol. The van der Waals surface area contributed by atoms with Gasteiger partial charge in [-0.05, 0) is 38.3 Å². The highest BCUT2D eigenvalue weighted by molar-refractivity contribution is 5.79. The van der Waals surface area contributed by atoms with Crippen molar-refractivity contribution < 1.29 is 23.9 Å². The van der Waals surface area contributed by atoms with Gasteiger partial charge < -0.3 is 19.6 Å². The summed E-state index contributed by atoms with van der Waals surface area (Å²) >= 11 is 0. The molecule has 3 rings (SSSR count). The number of benzene rings is 2. The molecule has 1 fully saturated rings. The zero-order valence-electron chi connectivity index (χ0n) is 18.7. The van der Waals surface area contributed by atoms with Crippen LogP contribution in [0, 0.1) is 0 Å². The molecule has 7 nitrogen and oxygen atoms in total. The van der Waals surface area contributed by atoms with Crippen LogP contribution in [-0.4, -0.2) is 47.0 Å². The Balaban J connectivity index is 1.73. The third-order valence-corrected chi connectivity index (χ3v) is 5.21. The zero-order chi connectivity index (χ0) is 23.1. The molecule has 1 aliphatic rings. The van der Waals surface area contributed by atoms with Crippen molar-refractivity contribution >= 4 is 18.3 Å². The standard InChI is InChI=1S/C25H30N2O5/c1-25(2,3)32-23(29)21-14-20(26-24(30)31-17-19-12-8-5-9-13-19)22(16-28)27(21)15-18-10-6-4-7-11-18/h4-13,16,20-22H,14-15,17H2,1-3H3,(H,26,30)/t20-,21-,22-/m1/s1. The van der Waals surface area contributed by atoms with Gasteiger partial charge in [-0.3, -0.25) is 9.69 Å². The molecule has 0 spiro atoms. The van der Waals surface area contributed by atoms with Crippen molar-refractivity contribution in [3.8, 4) is 0 Å². The van der Waals surface area contributed by atoms with Crippen molar-refractivity contribution in [1.82, 2.24) is 10.2 Å². The molecule has 0 saturated carbocycles. The predicted octanol–water partition coefficient (Wildman–Crippen LogP) is 3.47. The topological polar surface area (TPSA) is 84.9 Å². The number of esters is 1. The summed E-state index contributed by atoms with van der Waals surface area (Å²) in [6, 6.07) is 17.0. The summed E-state index contributed by atoms with van der Waals surface area (Å²) in [6.45, 7) is 5.90. The van der Waals surface area contributed by atoms with Crippen molar-refractivity contribution in [3.05, 3.63) is 71.8 Å². The predicted molar refractivity (Wildman–Crippen MR) is 120 cm³/mol. The Hall–Kier alpha value is -3.19. The fourth-order valence-electron chi connectivity index (χ4n) is 3.80. The molecule has 170 valence electrons. The van der Waals surface area contributed by atoms with Crippen molar-refractivity contribution in [2.24, 2.45) is 0 Å². The lowest BCUT2D eigenvalue weighted by molar-refractivity contribution is -0.161. The number of hydrogen-bond acceptors (Lipinski definition) is 6. The number of likely N-dealkylation sites (tertiary alicyclic amines) is 1. The number of hydrogen-bond donors (Lipinski definition) is 1. The fraction of sp³-hybridized carbons (Fsp3) is 0.400. The highest BCUT2D eigenvalue weighted by Gasteiger charge is 2.46. The molecule has 1 saturated heterocycles. The van der Waals surface area contributed by atoms with Crippen LogP contribution in [0.2, 0.25) is 0 Å². The van der Waals surface area contributed by atoms with Crippen molar-refractivity contribution in [3.63, 3.8) is 0 Å². The second-order valence-corrected chi connectivity index (χ2v) is 8.88. The number of aldehydes is 1. The summed E-state index contributed by atoms with van der Waals surface area (Å²) in [5.74, 6) is -0.415. The number of alkyl carbamates (subject to hydrolysis) is 1. The Morgan fingerprint density at radius 2 is 1.62 bits per heavy atom. The number of carbonyl (C=O) groups is 3. The Bertz CT molecular complexity index is 911. The van der Waals surface area contributed by atoms with Crippen LogP contribution in [0.4, 0.5) is 4.79 Å². The fourth-order valence-corrected chi connectivity index (χ4v) is 3.80. The highest BCUT2D eigenvalue weighted by atomic mass is 16.6. The number of carbonyl (C=O) groups excluding carboxylic acids is 3. The van der Waals surface area contributed by atoms with Crippen LogP contribution in [-0.2, 0) is 32.2 Å². The second-order valence-electron chi connectivity index (χ2n) is 8.88. The number of nitrogens with zero attached hydrogens (tertiary/aromatic N) is 1. The lowest BCUT2D eigenvalue weighted by atomic mass is 10.1. The minimum absolute atomic E-state index is 0.119. The summed E-state index contributed by atoms with van der Waals surface area (Å²) in [7, 11) is 0. The monoisotopic (exact) mass is 438 g/mol. The lowest BCUT2D eigenvalue weighted by Gasteiger charge is -2.29. The van der Waals surface area contributed by atoms with E-state index in [-0.39, 0.29) is 13.0 Å². The molecule has 1 heterocycles. The molecule has 0 bridgehead atoms. The largest absolute Gasteiger partial charge is 0.459 e. The van der Waals surface area contributed by atoms with Gasteiger partial charge in [0.1, 0.15) is 24.5 Å². The Morgan fingerprint density at radius 1 is 1.03 bits per heavy atom. The molecule has 0 aliphatic carbocycles. The maximum Gasteiger partial charge on any atom is 0.407 e. The molecule has 32 heavy (non-hydrogen) atoms. The van der Waals surface area contributed by atoms with Gasteiger partial charge in [0.25, 0.3) is 0 Å². The van der Waals surface area contributed by atoms with Crippen LogP contribution in [0.1, 0.15) is 38.3 Å². The smallest absolute Gasteiger partial charge is 0.407 e. The van der Waals surface area contributed by atoms with Gasteiger partial charge in [0, 0.05) is 6.54 Å². The van der Waals surface area contributed by atoms with E-state index in [4.69, 9.17) is 9.47 Å². The van der Waals surface area contributed by atoms with E-state index in [2.05, 4.69) is 5.32 Å². The van der Waals surface area contributed by atoms with Gasteiger partial charge in [-0.15, -0.1) is 0 Å². The minimum Gasteiger partial charge on any atom is -0.459 e. The number of nitrogens with one attached hydrogen (secondary N) is 1. The summed E-state index contributed by atoms with van der Waals surface area (Å²) in [5.41, 5.74) is 1.16. The Kier molecular flexibility index (Phi) is 7.64. The van der Waals surface area contributed by atoms with Crippen LogP contribution >= 0.6 is 0 Å². The third kappa shape index (κ3) is 6.40. The first-order chi connectivity index (χ1) is 15.3. The van der Waals surface area contributed by atoms with Crippen molar-refractivity contribution in [1.29, 1.82) is 0 Å². The second kappa shape index (κ2) is 10.4. The quantitative estimate of drug-likeness (QED) is 0.526. The molecule has 0 unspecified atom stereocenters. The molecule has 1 aliphatic heterocycles. The Labute approximate surface area is 188 Å². The molecule has 0 radical (unpaired) electrons. The van der Waals surface area contributed by atoms with E-state index in [0.717, 1.165) is 17.4 Å². The SMILES string of the molecule is CC(C)(C)OC(=O)[C@H]1C[C@@H](NC(=O)OCc2ccccc2)[C@@H](C=O)N1Cc1ccccc1. The molecule has 2 aromatic carbocycles. The normalized spacial score (nSPS) is 21.0. The van der Waals surface area contributed by atoms with E-state index >= 15 is 0 Å². The van der Waals surface area contributed by atoms with Crippen molar-refractivity contribution in [2.75, 3.05) is 0 Å². The average molecular weight is 439 g/mol. The molecule has 0 aromatic heterocycles. The lowest BCUT2D eigenvalue weighted by Crippen LogP contribution is -2.47. The van der Waals surface area contributed by atoms with Gasteiger partial charge in [0.05, 0.1) is 12.1 Å². The highest BCUT2D eigenvalue weighted by Crippen LogP contribution is 2.28. The molecule has 1 N–H and O–H groups in total. The summed E-state index contributed by atoms with van der Waals surface area (Å²) in [4.78, 5) is 39.2. The van der Waals surface area contributed by atoms with E-state index < -0.39 is 35.8 Å². The zero-order valence-corrected chi connectivity index (χ0v) is 18.7. The number of amides is 1. The maximum atomic E-state index is 12.9. The van der Waals surface area contributed by atoms with Gasteiger partial charge in [-0.25, -0.2) is 4.79 Å². The van der Waals surface area contributed by atoms with Crippen LogP contribution in [0.25, 0.3) is 0 Å². The molecule has 7 heteroatoms. The van der Waals surface area contributed by atoms with E-state index in [9.17, 15) is 14.4 Å². The third-order valence-electron chi connectivity index (χ3n) is 5.21. The van der Waals surface area contributed by atoms with Gasteiger partial charge in [0.15, 0.2) is 0 Å². The van der Waals surface area contributed by atoms with Gasteiger partial charge in [-0.1, -0.05) is 60.7 Å². The number of rotatable bonds is 7. The van der Waals surface area contributed by atoms with Crippen molar-refractivity contribution in [2.45, 2.75) is 64.1 Å². The average Bonchev–Trinajstić information content (AvgIpc) is 3.09. The molecule has 2 aromatic rings. The van der Waals surface area contributed by atoms with Crippen LogP contribution in [0.5, 0.6) is 0 Å². The summed E-state index contributed by atoms with van der Waals surface area (Å²) < 4.78 is 10.9. The molecule has 3 atom stereocenters. The first-order valence-electron chi connectivity index (χ1n) is 10.7.